The van der Waals surface area contributed by atoms with Crippen LogP contribution in [0.15, 0.2) is 24.3 Å². The fourth-order valence-corrected chi connectivity index (χ4v) is 2.14. The highest BCUT2D eigenvalue weighted by Crippen LogP contribution is 2.27. The lowest BCUT2D eigenvalue weighted by molar-refractivity contribution is 0.229. The fraction of sp³-hybridized carbons (Fsp3) is 0.462. The highest BCUT2D eigenvalue weighted by atomic mass is 35.5. The number of urea groups is 1. The molecule has 2 N–H and O–H groups in total. The van der Waals surface area contributed by atoms with E-state index in [1.807, 2.05) is 38.1 Å². The lowest BCUT2D eigenvalue weighted by Gasteiger charge is -2.28. The van der Waals surface area contributed by atoms with Crippen LogP contribution in [-0.4, -0.2) is 12.1 Å². The molecular weight excluding hydrogens is 236 g/mol. The Morgan fingerprint density at radius 1 is 1.35 bits per heavy atom. The van der Waals surface area contributed by atoms with Crippen molar-refractivity contribution in [1.29, 1.82) is 0 Å². The Labute approximate surface area is 107 Å². The van der Waals surface area contributed by atoms with E-state index < -0.39 is 5.54 Å². The molecule has 1 aliphatic carbocycles. The van der Waals surface area contributed by atoms with Crippen LogP contribution in [0.4, 0.5) is 4.79 Å². The maximum Gasteiger partial charge on any atom is 0.315 e. The van der Waals surface area contributed by atoms with Crippen LogP contribution in [0, 0.1) is 0 Å². The van der Waals surface area contributed by atoms with Gasteiger partial charge in [-0.05, 0) is 38.3 Å². The molecule has 1 aromatic carbocycles. The van der Waals surface area contributed by atoms with E-state index in [0.29, 0.717) is 11.1 Å². The van der Waals surface area contributed by atoms with Gasteiger partial charge in [0.15, 0.2) is 0 Å². The molecule has 3 nitrogen and oxygen atoms in total. The molecule has 1 aromatic rings. The number of hydrogen-bond acceptors (Lipinski definition) is 1. The molecule has 0 aliphatic heterocycles. The summed E-state index contributed by atoms with van der Waals surface area (Å²) >= 11 is 6.14. The second-order valence-electron chi connectivity index (χ2n) is 4.98. The van der Waals surface area contributed by atoms with Crippen molar-refractivity contribution in [2.75, 3.05) is 0 Å². The summed E-state index contributed by atoms with van der Waals surface area (Å²) in [6, 6.07) is 7.79. The van der Waals surface area contributed by atoms with Crippen molar-refractivity contribution >= 4 is 17.6 Å². The number of halogens is 1. The topological polar surface area (TPSA) is 41.1 Å². The number of carbonyl (C=O) groups is 1. The Hall–Kier alpha value is -1.22. The first kappa shape index (κ1) is 12.2. The third-order valence-corrected chi connectivity index (χ3v) is 3.22. The van der Waals surface area contributed by atoms with Gasteiger partial charge in [0.2, 0.25) is 0 Å². The summed E-state index contributed by atoms with van der Waals surface area (Å²) < 4.78 is 0. The molecule has 1 fully saturated rings. The second kappa shape index (κ2) is 4.57. The van der Waals surface area contributed by atoms with Crippen molar-refractivity contribution in [2.45, 2.75) is 38.3 Å². The molecule has 92 valence electrons. The van der Waals surface area contributed by atoms with Gasteiger partial charge < -0.3 is 10.6 Å². The van der Waals surface area contributed by atoms with Crippen molar-refractivity contribution in [1.82, 2.24) is 10.6 Å². The molecule has 2 amide bonds. The number of nitrogens with one attached hydrogen (secondary N) is 2. The zero-order valence-corrected chi connectivity index (χ0v) is 10.8. The largest absolute Gasteiger partial charge is 0.335 e. The lowest BCUT2D eigenvalue weighted by atomic mass is 9.94. The number of amides is 2. The minimum absolute atomic E-state index is 0.127. The first-order valence-electron chi connectivity index (χ1n) is 5.83. The van der Waals surface area contributed by atoms with E-state index in [4.69, 9.17) is 11.6 Å². The van der Waals surface area contributed by atoms with Crippen molar-refractivity contribution < 1.29 is 4.79 Å². The van der Waals surface area contributed by atoms with E-state index in [9.17, 15) is 4.79 Å². The van der Waals surface area contributed by atoms with Crippen LogP contribution in [-0.2, 0) is 5.54 Å². The smallest absolute Gasteiger partial charge is 0.315 e. The average Bonchev–Trinajstić information content (AvgIpc) is 3.00. The predicted molar refractivity (Wildman–Crippen MR) is 69.2 cm³/mol. The lowest BCUT2D eigenvalue weighted by Crippen LogP contribution is -2.47. The average molecular weight is 253 g/mol. The van der Waals surface area contributed by atoms with Crippen LogP contribution in [0.1, 0.15) is 32.3 Å². The molecule has 0 unspecified atom stereocenters. The van der Waals surface area contributed by atoms with Gasteiger partial charge in [-0.3, -0.25) is 0 Å². The van der Waals surface area contributed by atoms with Gasteiger partial charge in [0.1, 0.15) is 0 Å². The van der Waals surface area contributed by atoms with E-state index in [2.05, 4.69) is 10.6 Å². The van der Waals surface area contributed by atoms with Crippen LogP contribution in [0.2, 0.25) is 5.02 Å². The number of carbonyl (C=O) groups excluding carboxylic acids is 1. The SMILES string of the molecule is CC(C)(NC(=O)NC1CC1)c1ccccc1Cl. The van der Waals surface area contributed by atoms with Crippen molar-refractivity contribution in [3.63, 3.8) is 0 Å². The molecule has 1 saturated carbocycles. The standard InChI is InChI=1S/C13H17ClN2O/c1-13(2,10-5-3-4-6-11(10)14)16-12(17)15-9-7-8-9/h3-6,9H,7-8H2,1-2H3,(H2,15,16,17). The summed E-state index contributed by atoms with van der Waals surface area (Å²) in [4.78, 5) is 11.7. The van der Waals surface area contributed by atoms with Crippen molar-refractivity contribution in [3.05, 3.63) is 34.9 Å². The van der Waals surface area contributed by atoms with Crippen molar-refractivity contribution in [3.8, 4) is 0 Å². The Bertz CT molecular complexity index is 427. The highest BCUT2D eigenvalue weighted by molar-refractivity contribution is 6.31. The first-order chi connectivity index (χ1) is 7.99. The zero-order valence-electron chi connectivity index (χ0n) is 10.1. The predicted octanol–water partition coefficient (Wildman–Crippen LogP) is 3.04. The van der Waals surface area contributed by atoms with E-state index >= 15 is 0 Å². The molecule has 0 atom stereocenters. The molecule has 17 heavy (non-hydrogen) atoms. The van der Waals surface area contributed by atoms with Crippen LogP contribution in [0.5, 0.6) is 0 Å². The summed E-state index contributed by atoms with van der Waals surface area (Å²) in [5, 5.41) is 6.53. The molecule has 2 rings (SSSR count). The zero-order chi connectivity index (χ0) is 12.5. The molecule has 4 heteroatoms. The third-order valence-electron chi connectivity index (χ3n) is 2.89. The summed E-state index contributed by atoms with van der Waals surface area (Å²) in [7, 11) is 0. The third kappa shape index (κ3) is 3.13. The Morgan fingerprint density at radius 2 is 2.00 bits per heavy atom. The van der Waals surface area contributed by atoms with Gasteiger partial charge in [-0.2, -0.15) is 0 Å². The summed E-state index contributed by atoms with van der Waals surface area (Å²) in [6.45, 7) is 3.89. The second-order valence-corrected chi connectivity index (χ2v) is 5.38. The van der Waals surface area contributed by atoms with Gasteiger partial charge in [0, 0.05) is 11.1 Å². The van der Waals surface area contributed by atoms with Crippen LogP contribution >= 0.6 is 11.6 Å². The van der Waals surface area contributed by atoms with Gasteiger partial charge >= 0.3 is 6.03 Å². The van der Waals surface area contributed by atoms with Crippen LogP contribution in [0.3, 0.4) is 0 Å². The Kier molecular flexibility index (Phi) is 3.29. The van der Waals surface area contributed by atoms with Crippen molar-refractivity contribution in [2.24, 2.45) is 0 Å². The number of hydrogen-bond donors (Lipinski definition) is 2. The van der Waals surface area contributed by atoms with E-state index in [1.165, 1.54) is 0 Å². The van der Waals surface area contributed by atoms with Gasteiger partial charge in [-0.1, -0.05) is 29.8 Å². The van der Waals surface area contributed by atoms with Gasteiger partial charge in [-0.15, -0.1) is 0 Å². The van der Waals surface area contributed by atoms with E-state index in [-0.39, 0.29) is 6.03 Å². The van der Waals surface area contributed by atoms with Crippen LogP contribution in [0.25, 0.3) is 0 Å². The molecule has 0 bridgehead atoms. The van der Waals surface area contributed by atoms with Gasteiger partial charge in [-0.25, -0.2) is 4.79 Å². The molecule has 0 spiro atoms. The minimum Gasteiger partial charge on any atom is -0.335 e. The fourth-order valence-electron chi connectivity index (χ4n) is 1.77. The van der Waals surface area contributed by atoms with E-state index in [0.717, 1.165) is 18.4 Å². The minimum atomic E-state index is -0.475. The summed E-state index contributed by atoms with van der Waals surface area (Å²) in [5.74, 6) is 0. The molecule has 0 radical (unpaired) electrons. The molecule has 0 aromatic heterocycles. The quantitative estimate of drug-likeness (QED) is 0.853. The maximum absolute atomic E-state index is 11.7. The number of benzene rings is 1. The summed E-state index contributed by atoms with van der Waals surface area (Å²) in [5.41, 5.74) is 0.449. The highest BCUT2D eigenvalue weighted by Gasteiger charge is 2.28. The number of rotatable bonds is 3. The Balaban J connectivity index is 2.06. The molecule has 0 heterocycles. The van der Waals surface area contributed by atoms with Gasteiger partial charge in [0.25, 0.3) is 0 Å². The van der Waals surface area contributed by atoms with Gasteiger partial charge in [0.05, 0.1) is 5.54 Å². The normalized spacial score (nSPS) is 15.5. The summed E-state index contributed by atoms with van der Waals surface area (Å²) in [6.07, 6.45) is 2.17. The van der Waals surface area contributed by atoms with Crippen LogP contribution < -0.4 is 10.6 Å². The monoisotopic (exact) mass is 252 g/mol. The molecule has 0 saturated heterocycles. The Morgan fingerprint density at radius 3 is 2.59 bits per heavy atom. The van der Waals surface area contributed by atoms with E-state index in [1.54, 1.807) is 0 Å². The molecular formula is C13H17ClN2O. The maximum atomic E-state index is 11.7. The molecule has 1 aliphatic rings. The first-order valence-corrected chi connectivity index (χ1v) is 6.20.